The number of rotatable bonds is 15. The first-order valence-corrected chi connectivity index (χ1v) is 12.0. The number of carbonyl (C=O) groups is 3. The number of carbonyl (C=O) groups excluding carboxylic acids is 3. The third kappa shape index (κ3) is 9.40. The van der Waals surface area contributed by atoms with Crippen LogP contribution in [-0.4, -0.2) is 47.0 Å². The Morgan fingerprint density at radius 2 is 1.76 bits per heavy atom. The zero-order valence-electron chi connectivity index (χ0n) is 20.8. The summed E-state index contributed by atoms with van der Waals surface area (Å²) in [5.41, 5.74) is 4.71. The number of nitrogen functional groups attached to an aromatic ring is 1. The van der Waals surface area contributed by atoms with Gasteiger partial charge in [0.05, 0.1) is 6.42 Å². The van der Waals surface area contributed by atoms with E-state index in [4.69, 9.17) is 10.5 Å². The fourth-order valence-corrected chi connectivity index (χ4v) is 3.19. The maximum Gasteiger partial charge on any atom is 0.330 e. The van der Waals surface area contributed by atoms with E-state index >= 15 is 0 Å². The fourth-order valence-electron chi connectivity index (χ4n) is 3.19. The number of amides is 2. The van der Waals surface area contributed by atoms with Crippen LogP contribution >= 0.6 is 0 Å². The molecule has 11 heteroatoms. The molecule has 0 aromatic carbocycles. The Balaban J connectivity index is 2.95. The third-order valence-corrected chi connectivity index (χ3v) is 5.12. The van der Waals surface area contributed by atoms with Crippen LogP contribution in [0, 0.1) is 5.92 Å². The predicted octanol–water partition coefficient (Wildman–Crippen LogP) is 1.54. The second kappa shape index (κ2) is 14.9. The van der Waals surface area contributed by atoms with Crippen molar-refractivity contribution in [1.82, 2.24) is 14.9 Å². The highest BCUT2D eigenvalue weighted by Crippen LogP contribution is 2.19. The van der Waals surface area contributed by atoms with Gasteiger partial charge in [-0.3, -0.25) is 28.7 Å². The predicted molar refractivity (Wildman–Crippen MR) is 131 cm³/mol. The Morgan fingerprint density at radius 3 is 2.38 bits per heavy atom. The van der Waals surface area contributed by atoms with E-state index in [9.17, 15) is 24.0 Å². The second-order valence-corrected chi connectivity index (χ2v) is 8.61. The molecular weight excluding hydrogens is 442 g/mol. The lowest BCUT2D eigenvalue weighted by Crippen LogP contribution is -2.41. The van der Waals surface area contributed by atoms with Gasteiger partial charge in [0.15, 0.2) is 12.3 Å². The number of unbranched alkanes of at least 4 members (excludes halogenated alkanes) is 3. The molecule has 2 amide bonds. The van der Waals surface area contributed by atoms with Crippen LogP contribution in [0.4, 0.5) is 11.5 Å². The molecule has 0 aliphatic heterocycles. The summed E-state index contributed by atoms with van der Waals surface area (Å²) in [4.78, 5) is 65.1. The lowest BCUT2D eigenvalue weighted by Gasteiger charge is -2.24. The molecule has 0 aliphatic carbocycles. The molecule has 192 valence electrons. The zero-order chi connectivity index (χ0) is 25.7. The number of aromatic amines is 1. The van der Waals surface area contributed by atoms with E-state index < -0.39 is 35.6 Å². The van der Waals surface area contributed by atoms with Crippen molar-refractivity contribution in [3.8, 4) is 0 Å². The number of nitrogens with zero attached hydrogens (tertiary/aromatic N) is 2. The van der Waals surface area contributed by atoms with Gasteiger partial charge in [-0.25, -0.2) is 4.79 Å². The molecule has 0 saturated heterocycles. The van der Waals surface area contributed by atoms with Crippen LogP contribution in [0.15, 0.2) is 9.59 Å². The van der Waals surface area contributed by atoms with Crippen molar-refractivity contribution in [3.63, 3.8) is 0 Å². The molecule has 0 atom stereocenters. The fraction of sp³-hybridized carbons (Fsp3) is 0.696. The average Bonchev–Trinajstić information content (AvgIpc) is 2.78. The number of H-pyrrole nitrogens is 1. The van der Waals surface area contributed by atoms with Gasteiger partial charge in [0.2, 0.25) is 5.91 Å². The highest BCUT2D eigenvalue weighted by atomic mass is 16.5. The Kier molecular flexibility index (Phi) is 12.7. The number of aromatic nitrogens is 2. The minimum absolute atomic E-state index is 0.0727. The van der Waals surface area contributed by atoms with Crippen LogP contribution in [0.2, 0.25) is 0 Å². The van der Waals surface area contributed by atoms with Gasteiger partial charge in [0, 0.05) is 26.1 Å². The Hall–Kier alpha value is -3.11. The van der Waals surface area contributed by atoms with E-state index in [1.54, 1.807) is 0 Å². The maximum atomic E-state index is 13.0. The molecule has 1 aromatic heterocycles. The average molecular weight is 482 g/mol. The molecule has 0 aliphatic rings. The summed E-state index contributed by atoms with van der Waals surface area (Å²) in [6, 6.07) is 0. The topological polar surface area (TPSA) is 157 Å². The summed E-state index contributed by atoms with van der Waals surface area (Å²) in [6.07, 6.45) is 3.35. The van der Waals surface area contributed by atoms with E-state index in [0.29, 0.717) is 25.9 Å². The number of nitrogens with two attached hydrogens (primary N) is 1. The van der Waals surface area contributed by atoms with E-state index in [0.717, 1.165) is 19.3 Å². The van der Waals surface area contributed by atoms with Crippen LogP contribution in [0.25, 0.3) is 0 Å². The largest absolute Gasteiger partial charge is 0.456 e. The summed E-state index contributed by atoms with van der Waals surface area (Å²) in [5, 5.41) is 2.64. The second-order valence-electron chi connectivity index (χ2n) is 8.61. The van der Waals surface area contributed by atoms with Gasteiger partial charge >= 0.3 is 11.7 Å². The maximum absolute atomic E-state index is 13.0. The standard InChI is InChI=1S/C23H39N5O6/c1-5-7-9-13-27(20-21(24)28(12-8-6-2)23(33)26-22(20)32)18(30)10-11-19(31)34-15-17(29)25-14-16(3)4/h16H,5-15,24H2,1-4H3,(H,25,29)(H,26,32,33). The highest BCUT2D eigenvalue weighted by molar-refractivity contribution is 5.97. The van der Waals surface area contributed by atoms with Crippen molar-refractivity contribution >= 4 is 29.3 Å². The molecule has 0 fully saturated rings. The number of hydrogen-bond donors (Lipinski definition) is 3. The molecular formula is C23H39N5O6. The number of hydrogen-bond acceptors (Lipinski definition) is 7. The highest BCUT2D eigenvalue weighted by Gasteiger charge is 2.24. The van der Waals surface area contributed by atoms with Gasteiger partial charge in [-0.2, -0.15) is 0 Å². The van der Waals surface area contributed by atoms with E-state index in [2.05, 4.69) is 10.3 Å². The minimum Gasteiger partial charge on any atom is -0.456 e. The first kappa shape index (κ1) is 28.9. The molecule has 0 spiro atoms. The van der Waals surface area contributed by atoms with E-state index in [1.807, 2.05) is 27.7 Å². The summed E-state index contributed by atoms with van der Waals surface area (Å²) < 4.78 is 6.19. The molecule has 0 saturated carbocycles. The van der Waals surface area contributed by atoms with Gasteiger partial charge in [0.25, 0.3) is 11.5 Å². The van der Waals surface area contributed by atoms with Crippen LogP contribution in [0.1, 0.15) is 72.6 Å². The van der Waals surface area contributed by atoms with Crippen LogP contribution < -0.4 is 27.2 Å². The van der Waals surface area contributed by atoms with Crippen molar-refractivity contribution in [3.05, 3.63) is 20.8 Å². The monoisotopic (exact) mass is 481 g/mol. The molecule has 1 heterocycles. The zero-order valence-corrected chi connectivity index (χ0v) is 20.8. The minimum atomic E-state index is -0.746. The SMILES string of the molecule is CCCCCN(C(=O)CCC(=O)OCC(=O)NCC(C)C)c1c(N)n(CCCC)c(=O)[nH]c1=O. The smallest absolute Gasteiger partial charge is 0.330 e. The van der Waals surface area contributed by atoms with Crippen molar-refractivity contribution in [2.45, 2.75) is 79.2 Å². The summed E-state index contributed by atoms with van der Waals surface area (Å²) >= 11 is 0. The summed E-state index contributed by atoms with van der Waals surface area (Å²) in [6.45, 7) is 8.43. The molecule has 1 aromatic rings. The van der Waals surface area contributed by atoms with Crippen LogP contribution in [-0.2, 0) is 25.7 Å². The molecule has 0 bridgehead atoms. The van der Waals surface area contributed by atoms with E-state index in [1.165, 1.54) is 9.47 Å². The lowest BCUT2D eigenvalue weighted by molar-refractivity contribution is -0.149. The van der Waals surface area contributed by atoms with Gasteiger partial charge in [0.1, 0.15) is 5.82 Å². The normalized spacial score (nSPS) is 10.9. The molecule has 0 radical (unpaired) electrons. The third-order valence-electron chi connectivity index (χ3n) is 5.12. The molecule has 1 rings (SSSR count). The summed E-state index contributed by atoms with van der Waals surface area (Å²) in [5.74, 6) is -1.41. The molecule has 34 heavy (non-hydrogen) atoms. The van der Waals surface area contributed by atoms with Gasteiger partial charge in [-0.15, -0.1) is 0 Å². The van der Waals surface area contributed by atoms with Crippen molar-refractivity contribution in [2.75, 3.05) is 30.3 Å². The van der Waals surface area contributed by atoms with E-state index in [-0.39, 0.29) is 36.8 Å². The molecule has 4 N–H and O–H groups in total. The Morgan fingerprint density at radius 1 is 1.09 bits per heavy atom. The number of anilines is 2. The van der Waals surface area contributed by atoms with Crippen molar-refractivity contribution < 1.29 is 19.1 Å². The Labute approximate surface area is 200 Å². The lowest BCUT2D eigenvalue weighted by atomic mass is 10.2. The van der Waals surface area contributed by atoms with Gasteiger partial charge in [-0.1, -0.05) is 47.0 Å². The van der Waals surface area contributed by atoms with Crippen LogP contribution in [0.5, 0.6) is 0 Å². The molecule has 11 nitrogen and oxygen atoms in total. The van der Waals surface area contributed by atoms with Gasteiger partial charge in [-0.05, 0) is 18.8 Å². The van der Waals surface area contributed by atoms with Gasteiger partial charge < -0.3 is 20.7 Å². The first-order chi connectivity index (χ1) is 16.1. The Bertz CT molecular complexity index is 937. The quantitative estimate of drug-likeness (QED) is 0.253. The van der Waals surface area contributed by atoms with Crippen molar-refractivity contribution in [1.29, 1.82) is 0 Å². The first-order valence-electron chi connectivity index (χ1n) is 12.0. The number of ether oxygens (including phenoxy) is 1. The molecule has 0 unspecified atom stereocenters. The summed E-state index contributed by atoms with van der Waals surface area (Å²) in [7, 11) is 0. The van der Waals surface area contributed by atoms with Crippen LogP contribution in [0.3, 0.4) is 0 Å². The van der Waals surface area contributed by atoms with Crippen molar-refractivity contribution in [2.24, 2.45) is 5.92 Å². The number of nitrogens with one attached hydrogen (secondary N) is 2. The number of esters is 1.